The number of carbonyl (C=O) groups excluding carboxylic acids is 1. The summed E-state index contributed by atoms with van der Waals surface area (Å²) in [6.45, 7) is 5.28. The molecule has 0 heterocycles. The summed E-state index contributed by atoms with van der Waals surface area (Å²) in [5, 5.41) is 18.8. The molecule has 0 bridgehead atoms. The molecular weight excluding hydrogens is 280 g/mol. The minimum Gasteiger partial charge on any atom is -0.497 e. The molecule has 1 saturated carbocycles. The third-order valence-corrected chi connectivity index (χ3v) is 3.71. The molecule has 1 fully saturated rings. The van der Waals surface area contributed by atoms with Crippen molar-refractivity contribution in [3.8, 4) is 17.9 Å². The molecule has 0 spiro atoms. The third kappa shape index (κ3) is 2.63. The lowest BCUT2D eigenvalue weighted by Crippen LogP contribution is -2.26. The van der Waals surface area contributed by atoms with Crippen molar-refractivity contribution in [2.45, 2.75) is 32.3 Å². The van der Waals surface area contributed by atoms with Gasteiger partial charge in [-0.2, -0.15) is 10.5 Å². The number of carbonyl (C=O) groups is 1. The Balaban J connectivity index is 2.31. The van der Waals surface area contributed by atoms with Gasteiger partial charge in [-0.25, -0.2) is 0 Å². The van der Waals surface area contributed by atoms with E-state index in [2.05, 4.69) is 0 Å². The van der Waals surface area contributed by atoms with E-state index in [-0.39, 0.29) is 0 Å². The Morgan fingerprint density at radius 1 is 1.18 bits per heavy atom. The molecule has 1 aliphatic carbocycles. The zero-order chi connectivity index (χ0) is 16.5. The lowest BCUT2D eigenvalue weighted by molar-refractivity contribution is -0.157. The fraction of sp³-hybridized carbons (Fsp3) is 0.471. The van der Waals surface area contributed by atoms with Crippen molar-refractivity contribution in [1.82, 2.24) is 0 Å². The number of methoxy groups -OCH3 is 1. The Bertz CT molecular complexity index is 645. The fourth-order valence-corrected chi connectivity index (χ4v) is 2.64. The lowest BCUT2D eigenvalue weighted by atomic mass is 10.0. The van der Waals surface area contributed by atoms with Gasteiger partial charge in [0.1, 0.15) is 11.4 Å². The molecule has 0 aromatic heterocycles. The predicted octanol–water partition coefficient (Wildman–Crippen LogP) is 2.78. The molecule has 1 aromatic carbocycles. The van der Waals surface area contributed by atoms with Gasteiger partial charge in [-0.3, -0.25) is 4.79 Å². The molecule has 0 amide bonds. The van der Waals surface area contributed by atoms with E-state index in [0.29, 0.717) is 5.75 Å². The van der Waals surface area contributed by atoms with Crippen LogP contribution < -0.4 is 4.74 Å². The van der Waals surface area contributed by atoms with Crippen LogP contribution in [0.25, 0.3) is 0 Å². The van der Waals surface area contributed by atoms with Gasteiger partial charge in [0.15, 0.2) is 5.41 Å². The smallest absolute Gasteiger partial charge is 0.312 e. The summed E-state index contributed by atoms with van der Waals surface area (Å²) in [6.07, 6.45) is 0. The second-order valence-corrected chi connectivity index (χ2v) is 6.35. The maximum absolute atomic E-state index is 12.3. The number of hydrogen-bond acceptors (Lipinski definition) is 5. The van der Waals surface area contributed by atoms with Crippen LogP contribution in [0.15, 0.2) is 24.3 Å². The summed E-state index contributed by atoms with van der Waals surface area (Å²) in [6, 6.07) is 11.1. The van der Waals surface area contributed by atoms with Crippen molar-refractivity contribution < 1.29 is 14.3 Å². The van der Waals surface area contributed by atoms with Gasteiger partial charge in [0.25, 0.3) is 0 Å². The monoisotopic (exact) mass is 298 g/mol. The normalized spacial score (nSPS) is 22.1. The molecule has 5 nitrogen and oxygen atoms in total. The van der Waals surface area contributed by atoms with Gasteiger partial charge in [-0.05, 0) is 38.5 Å². The number of rotatable bonds is 3. The Morgan fingerprint density at radius 2 is 1.73 bits per heavy atom. The molecule has 2 rings (SSSR count). The molecule has 1 aliphatic rings. The average Bonchev–Trinajstić information content (AvgIpc) is 3.15. The molecule has 0 aliphatic heterocycles. The summed E-state index contributed by atoms with van der Waals surface area (Å²) >= 11 is 0. The molecule has 1 aromatic rings. The number of esters is 1. The van der Waals surface area contributed by atoms with Gasteiger partial charge < -0.3 is 9.47 Å². The summed E-state index contributed by atoms with van der Waals surface area (Å²) in [5.41, 5.74) is -1.24. The highest BCUT2D eigenvalue weighted by Gasteiger charge is 2.72. The van der Waals surface area contributed by atoms with Crippen molar-refractivity contribution in [2.75, 3.05) is 7.11 Å². The van der Waals surface area contributed by atoms with Crippen LogP contribution in [0.2, 0.25) is 0 Å². The van der Waals surface area contributed by atoms with Crippen molar-refractivity contribution in [2.24, 2.45) is 11.3 Å². The number of benzene rings is 1. The zero-order valence-corrected chi connectivity index (χ0v) is 13.1. The van der Waals surface area contributed by atoms with E-state index in [1.54, 1.807) is 52.1 Å². The van der Waals surface area contributed by atoms with E-state index in [1.165, 1.54) is 0 Å². The largest absolute Gasteiger partial charge is 0.497 e. The standard InChI is InChI=1S/C17H18N2O3/c1-16(2,3)22-15(20)14-13(17(14,9-18)10-19)11-5-7-12(21-4)8-6-11/h5-8,13-14H,1-4H3/t13-,14+/m0/s1. The first-order valence-electron chi connectivity index (χ1n) is 6.98. The van der Waals surface area contributed by atoms with Crippen molar-refractivity contribution in [3.05, 3.63) is 29.8 Å². The van der Waals surface area contributed by atoms with Gasteiger partial charge >= 0.3 is 5.97 Å². The van der Waals surface area contributed by atoms with Crippen LogP contribution in [-0.4, -0.2) is 18.7 Å². The molecule has 22 heavy (non-hydrogen) atoms. The molecule has 0 saturated heterocycles. The van der Waals surface area contributed by atoms with Crippen LogP contribution in [0, 0.1) is 34.0 Å². The van der Waals surface area contributed by atoms with Crippen molar-refractivity contribution in [3.63, 3.8) is 0 Å². The van der Waals surface area contributed by atoms with Crippen LogP contribution in [0.5, 0.6) is 5.75 Å². The number of hydrogen-bond donors (Lipinski definition) is 0. The first-order chi connectivity index (χ1) is 10.3. The second-order valence-electron chi connectivity index (χ2n) is 6.35. The SMILES string of the molecule is COc1ccc([C@H]2[C@H](C(=O)OC(C)(C)C)C2(C#N)C#N)cc1. The van der Waals surface area contributed by atoms with Gasteiger partial charge in [-0.1, -0.05) is 12.1 Å². The van der Waals surface area contributed by atoms with Crippen LogP contribution in [0.4, 0.5) is 0 Å². The number of nitriles is 2. The zero-order valence-electron chi connectivity index (χ0n) is 13.1. The van der Waals surface area contributed by atoms with E-state index in [9.17, 15) is 15.3 Å². The molecule has 0 radical (unpaired) electrons. The minimum absolute atomic E-state index is 0.469. The molecule has 0 unspecified atom stereocenters. The van der Waals surface area contributed by atoms with Gasteiger partial charge in [0.05, 0.1) is 25.2 Å². The maximum Gasteiger partial charge on any atom is 0.312 e. The second kappa shape index (κ2) is 5.35. The van der Waals surface area contributed by atoms with Crippen LogP contribution >= 0.6 is 0 Å². The topological polar surface area (TPSA) is 83.1 Å². The summed E-state index contributed by atoms with van der Waals surface area (Å²) in [7, 11) is 1.56. The highest BCUT2D eigenvalue weighted by atomic mass is 16.6. The molecule has 5 heteroatoms. The summed E-state index contributed by atoms with van der Waals surface area (Å²) in [4.78, 5) is 12.3. The number of nitrogens with zero attached hydrogens (tertiary/aromatic N) is 2. The lowest BCUT2D eigenvalue weighted by Gasteiger charge is -2.19. The van der Waals surface area contributed by atoms with Crippen LogP contribution in [-0.2, 0) is 9.53 Å². The van der Waals surface area contributed by atoms with E-state index >= 15 is 0 Å². The average molecular weight is 298 g/mol. The van der Waals surface area contributed by atoms with E-state index < -0.39 is 28.8 Å². The van der Waals surface area contributed by atoms with Crippen LogP contribution in [0.3, 0.4) is 0 Å². The minimum atomic E-state index is -1.35. The quantitative estimate of drug-likeness (QED) is 0.801. The summed E-state index contributed by atoms with van der Waals surface area (Å²) in [5.74, 6) is -1.05. The van der Waals surface area contributed by atoms with E-state index in [0.717, 1.165) is 5.56 Å². The molecule has 0 N–H and O–H groups in total. The fourth-order valence-electron chi connectivity index (χ4n) is 2.64. The summed E-state index contributed by atoms with van der Waals surface area (Å²) < 4.78 is 10.4. The first kappa shape index (κ1) is 15.9. The predicted molar refractivity (Wildman–Crippen MR) is 78.7 cm³/mol. The highest BCUT2D eigenvalue weighted by Crippen LogP contribution is 2.64. The Hall–Kier alpha value is -2.53. The molecule has 114 valence electrons. The first-order valence-corrected chi connectivity index (χ1v) is 6.98. The van der Waals surface area contributed by atoms with Gasteiger partial charge in [-0.15, -0.1) is 0 Å². The molecule has 2 atom stereocenters. The Labute approximate surface area is 130 Å². The third-order valence-electron chi connectivity index (χ3n) is 3.71. The van der Waals surface area contributed by atoms with Gasteiger partial charge in [0, 0.05) is 5.92 Å². The Morgan fingerprint density at radius 3 is 2.14 bits per heavy atom. The molecular formula is C17H18N2O3. The van der Waals surface area contributed by atoms with Crippen molar-refractivity contribution in [1.29, 1.82) is 10.5 Å². The van der Waals surface area contributed by atoms with E-state index in [4.69, 9.17) is 9.47 Å². The maximum atomic E-state index is 12.3. The highest BCUT2D eigenvalue weighted by molar-refractivity contribution is 5.83. The Kier molecular flexibility index (Phi) is 3.85. The van der Waals surface area contributed by atoms with Crippen LogP contribution in [0.1, 0.15) is 32.3 Å². The van der Waals surface area contributed by atoms with Gasteiger partial charge in [0.2, 0.25) is 0 Å². The number of ether oxygens (including phenoxy) is 2. The van der Waals surface area contributed by atoms with Crippen molar-refractivity contribution >= 4 is 5.97 Å². The van der Waals surface area contributed by atoms with E-state index in [1.807, 2.05) is 12.1 Å².